The molecule has 1 aromatic carbocycles. The molecule has 1 heterocycles. The molecule has 0 bridgehead atoms. The van der Waals surface area contributed by atoms with Crippen molar-refractivity contribution in [3.8, 4) is 6.07 Å². The fourth-order valence-corrected chi connectivity index (χ4v) is 2.34. The van der Waals surface area contributed by atoms with Gasteiger partial charge in [-0.25, -0.2) is 4.79 Å². The van der Waals surface area contributed by atoms with Crippen LogP contribution in [0.1, 0.15) is 19.4 Å². The molecular weight excluding hydrogens is 264 g/mol. The summed E-state index contributed by atoms with van der Waals surface area (Å²) >= 11 is 0. The number of rotatable bonds is 3. The molecule has 1 aliphatic heterocycles. The number of urea groups is 1. The van der Waals surface area contributed by atoms with E-state index in [0.29, 0.717) is 31.1 Å². The quantitative estimate of drug-likeness (QED) is 0.925. The van der Waals surface area contributed by atoms with Crippen molar-refractivity contribution < 1.29 is 4.79 Å². The monoisotopic (exact) mass is 286 g/mol. The van der Waals surface area contributed by atoms with Crippen molar-refractivity contribution in [3.63, 3.8) is 0 Å². The molecule has 1 fully saturated rings. The number of nitrogens with zero attached hydrogens (tertiary/aromatic N) is 3. The molecule has 0 saturated carbocycles. The van der Waals surface area contributed by atoms with Gasteiger partial charge in [0.25, 0.3) is 0 Å². The third-order valence-corrected chi connectivity index (χ3v) is 3.57. The summed E-state index contributed by atoms with van der Waals surface area (Å²) in [4.78, 5) is 16.1. The van der Waals surface area contributed by atoms with Crippen molar-refractivity contribution in [2.45, 2.75) is 13.8 Å². The second-order valence-corrected chi connectivity index (χ2v) is 5.72. The number of amides is 2. The van der Waals surface area contributed by atoms with Crippen molar-refractivity contribution in [3.05, 3.63) is 29.8 Å². The number of nitrogens with one attached hydrogen (secondary N) is 1. The van der Waals surface area contributed by atoms with Gasteiger partial charge in [-0.05, 0) is 24.1 Å². The number of benzene rings is 1. The van der Waals surface area contributed by atoms with Crippen LogP contribution in [0.25, 0.3) is 0 Å². The van der Waals surface area contributed by atoms with Gasteiger partial charge in [-0.3, -0.25) is 0 Å². The highest BCUT2D eigenvalue weighted by atomic mass is 16.2. The summed E-state index contributed by atoms with van der Waals surface area (Å²) < 4.78 is 0. The molecule has 112 valence electrons. The molecular formula is C16H22N4O. The molecule has 1 saturated heterocycles. The first-order valence-corrected chi connectivity index (χ1v) is 7.38. The van der Waals surface area contributed by atoms with E-state index >= 15 is 0 Å². The number of hydrogen-bond donors (Lipinski definition) is 1. The topological polar surface area (TPSA) is 59.4 Å². The molecule has 2 amide bonds. The van der Waals surface area contributed by atoms with Crippen LogP contribution in [0.15, 0.2) is 24.3 Å². The van der Waals surface area contributed by atoms with Gasteiger partial charge in [-0.1, -0.05) is 19.9 Å². The minimum atomic E-state index is 0.0223. The van der Waals surface area contributed by atoms with Gasteiger partial charge in [0, 0.05) is 38.4 Å². The van der Waals surface area contributed by atoms with Gasteiger partial charge in [-0.15, -0.1) is 0 Å². The zero-order chi connectivity index (χ0) is 15.2. The molecule has 21 heavy (non-hydrogen) atoms. The van der Waals surface area contributed by atoms with Gasteiger partial charge in [0.1, 0.15) is 0 Å². The second kappa shape index (κ2) is 6.98. The first kappa shape index (κ1) is 15.2. The molecule has 1 aromatic rings. The first-order valence-electron chi connectivity index (χ1n) is 7.38. The van der Waals surface area contributed by atoms with Gasteiger partial charge in [0.05, 0.1) is 11.6 Å². The minimum Gasteiger partial charge on any atom is -0.368 e. The number of carbonyl (C=O) groups excluding carboxylic acids is 1. The van der Waals surface area contributed by atoms with Crippen LogP contribution in [0.2, 0.25) is 0 Å². The molecule has 0 unspecified atom stereocenters. The Morgan fingerprint density at radius 2 is 2.05 bits per heavy atom. The smallest absolute Gasteiger partial charge is 0.317 e. The van der Waals surface area contributed by atoms with E-state index in [-0.39, 0.29) is 6.03 Å². The maximum Gasteiger partial charge on any atom is 0.317 e. The number of nitriles is 1. The molecule has 0 spiro atoms. The Labute approximate surface area is 126 Å². The Morgan fingerprint density at radius 3 is 2.67 bits per heavy atom. The van der Waals surface area contributed by atoms with Gasteiger partial charge in [0.15, 0.2) is 0 Å². The maximum absolute atomic E-state index is 12.0. The summed E-state index contributed by atoms with van der Waals surface area (Å²) in [5.74, 6) is 0.462. The van der Waals surface area contributed by atoms with E-state index in [4.69, 9.17) is 5.26 Å². The predicted octanol–water partition coefficient (Wildman–Crippen LogP) is 2.05. The highest BCUT2D eigenvalue weighted by Crippen LogP contribution is 2.17. The zero-order valence-corrected chi connectivity index (χ0v) is 12.7. The Hall–Kier alpha value is -2.22. The lowest BCUT2D eigenvalue weighted by molar-refractivity contribution is 0.193. The lowest BCUT2D eigenvalue weighted by atomic mass is 10.2. The first-order chi connectivity index (χ1) is 10.1. The SMILES string of the molecule is CC(C)CNC(=O)N1CCN(c2cccc(C#N)c2)CC1. The summed E-state index contributed by atoms with van der Waals surface area (Å²) in [5.41, 5.74) is 1.72. The second-order valence-electron chi connectivity index (χ2n) is 5.72. The van der Waals surface area contributed by atoms with E-state index in [9.17, 15) is 4.79 Å². The Balaban J connectivity index is 1.88. The van der Waals surface area contributed by atoms with Crippen molar-refractivity contribution in [2.75, 3.05) is 37.6 Å². The van der Waals surface area contributed by atoms with Gasteiger partial charge < -0.3 is 15.1 Å². The van der Waals surface area contributed by atoms with Gasteiger partial charge in [0.2, 0.25) is 0 Å². The molecule has 5 nitrogen and oxygen atoms in total. The third-order valence-electron chi connectivity index (χ3n) is 3.57. The van der Waals surface area contributed by atoms with Crippen molar-refractivity contribution in [2.24, 2.45) is 5.92 Å². The van der Waals surface area contributed by atoms with Crippen molar-refractivity contribution in [1.29, 1.82) is 5.26 Å². The normalized spacial score (nSPS) is 15.0. The van der Waals surface area contributed by atoms with Crippen molar-refractivity contribution in [1.82, 2.24) is 10.2 Å². The van der Waals surface area contributed by atoms with Crippen LogP contribution < -0.4 is 10.2 Å². The number of hydrogen-bond acceptors (Lipinski definition) is 3. The van der Waals surface area contributed by atoms with Crippen LogP contribution >= 0.6 is 0 Å². The van der Waals surface area contributed by atoms with Crippen LogP contribution in [0, 0.1) is 17.2 Å². The molecule has 1 N–H and O–H groups in total. The van der Waals surface area contributed by atoms with Gasteiger partial charge >= 0.3 is 6.03 Å². The number of carbonyl (C=O) groups is 1. The number of piperazine rings is 1. The van der Waals surface area contributed by atoms with Crippen LogP contribution in [0.3, 0.4) is 0 Å². The molecule has 5 heteroatoms. The molecule has 0 aliphatic carbocycles. The fourth-order valence-electron chi connectivity index (χ4n) is 2.34. The summed E-state index contributed by atoms with van der Waals surface area (Å²) in [6, 6.07) is 9.79. The van der Waals surface area contributed by atoms with Crippen LogP contribution in [-0.2, 0) is 0 Å². The lowest BCUT2D eigenvalue weighted by Crippen LogP contribution is -2.52. The highest BCUT2D eigenvalue weighted by molar-refractivity contribution is 5.74. The van der Waals surface area contributed by atoms with E-state index in [1.807, 2.05) is 23.1 Å². The minimum absolute atomic E-state index is 0.0223. The molecule has 0 radical (unpaired) electrons. The third kappa shape index (κ3) is 4.12. The summed E-state index contributed by atoms with van der Waals surface area (Å²) in [5, 5.41) is 11.9. The predicted molar refractivity (Wildman–Crippen MR) is 83.2 cm³/mol. The maximum atomic E-state index is 12.0. The van der Waals surface area contributed by atoms with Crippen LogP contribution in [0.5, 0.6) is 0 Å². The molecule has 1 aliphatic rings. The largest absolute Gasteiger partial charge is 0.368 e. The van der Waals surface area contributed by atoms with E-state index in [1.54, 1.807) is 6.07 Å². The summed E-state index contributed by atoms with van der Waals surface area (Å²) in [6.45, 7) is 7.89. The molecule has 0 atom stereocenters. The summed E-state index contributed by atoms with van der Waals surface area (Å²) in [7, 11) is 0. The average molecular weight is 286 g/mol. The fraction of sp³-hybridized carbons (Fsp3) is 0.500. The summed E-state index contributed by atoms with van der Waals surface area (Å²) in [6.07, 6.45) is 0. The molecule has 2 rings (SSSR count). The average Bonchev–Trinajstić information content (AvgIpc) is 2.52. The Morgan fingerprint density at radius 1 is 1.33 bits per heavy atom. The molecule has 0 aromatic heterocycles. The van der Waals surface area contributed by atoms with E-state index < -0.39 is 0 Å². The van der Waals surface area contributed by atoms with Crippen LogP contribution in [-0.4, -0.2) is 43.7 Å². The zero-order valence-electron chi connectivity index (χ0n) is 12.7. The van der Waals surface area contributed by atoms with E-state index in [1.165, 1.54) is 0 Å². The lowest BCUT2D eigenvalue weighted by Gasteiger charge is -2.36. The Kier molecular flexibility index (Phi) is 5.04. The standard InChI is InChI=1S/C16H22N4O/c1-13(2)12-18-16(21)20-8-6-19(7-9-20)15-5-3-4-14(10-15)11-17/h3-5,10,13H,6-9,12H2,1-2H3,(H,18,21). The van der Waals surface area contributed by atoms with E-state index in [2.05, 4.69) is 30.1 Å². The van der Waals surface area contributed by atoms with Crippen molar-refractivity contribution >= 4 is 11.7 Å². The Bertz CT molecular complexity index is 527. The highest BCUT2D eigenvalue weighted by Gasteiger charge is 2.21. The number of anilines is 1. The van der Waals surface area contributed by atoms with E-state index in [0.717, 1.165) is 18.8 Å². The van der Waals surface area contributed by atoms with Crippen LogP contribution in [0.4, 0.5) is 10.5 Å². The van der Waals surface area contributed by atoms with Gasteiger partial charge in [-0.2, -0.15) is 5.26 Å².